The van der Waals surface area contributed by atoms with E-state index in [0.29, 0.717) is 0 Å². The summed E-state index contributed by atoms with van der Waals surface area (Å²) in [6.45, 7) is 0. The van der Waals surface area contributed by atoms with Crippen molar-refractivity contribution >= 4 is 7.82 Å². The van der Waals surface area contributed by atoms with Gasteiger partial charge in [0.15, 0.2) is 0 Å². The van der Waals surface area contributed by atoms with Crippen molar-refractivity contribution in [1.29, 1.82) is 0 Å². The summed E-state index contributed by atoms with van der Waals surface area (Å²) in [5.74, 6) is 0. The molecule has 0 aromatic carbocycles. The van der Waals surface area contributed by atoms with E-state index in [0.717, 1.165) is 0 Å². The van der Waals surface area contributed by atoms with Crippen LogP contribution in [0.15, 0.2) is 0 Å². The van der Waals surface area contributed by atoms with Crippen LogP contribution in [0.5, 0.6) is 0 Å². The Kier molecular flexibility index (Phi) is 42.6. The van der Waals surface area contributed by atoms with Gasteiger partial charge in [-0.25, -0.2) is 0 Å². The molecule has 0 unspecified atom stereocenters. The van der Waals surface area contributed by atoms with Crippen LogP contribution in [0.4, 0.5) is 0 Å². The normalized spacial score (nSPS) is 6.56. The molecule has 0 saturated carbocycles. The number of phosphoric acid groups is 1. The van der Waals surface area contributed by atoms with Crippen LogP contribution in [0, 0.1) is 0 Å². The Bertz CT molecular complexity index is 61.9. The van der Waals surface area contributed by atoms with Crippen LogP contribution in [0.25, 0.3) is 0 Å². The first kappa shape index (κ1) is 34.0. The average Bonchev–Trinajstić information content (AvgIpc) is 0.722. The van der Waals surface area contributed by atoms with E-state index in [1.807, 2.05) is 0 Å². The molecule has 0 aromatic rings. The topological polar surface area (TPSA) is 83.4 Å². The molecule has 4 nitrogen and oxygen atoms in total. The third-order valence-electron chi connectivity index (χ3n) is 0. The smallest absolute Gasteiger partial charge is 0.0557 e. The molecule has 0 aliphatic carbocycles. The van der Waals surface area contributed by atoms with Crippen molar-refractivity contribution in [2.24, 2.45) is 0 Å². The van der Waals surface area contributed by atoms with Gasteiger partial charge in [0.25, 0.3) is 0 Å². The first-order valence-corrected chi connectivity index (χ1v) is 2.24. The molecule has 0 fully saturated rings. The van der Waals surface area contributed by atoms with Crippen molar-refractivity contribution in [2.45, 2.75) is 0 Å². The molecule has 1 radical (unpaired) electrons. The van der Waals surface area contributed by atoms with E-state index >= 15 is 0 Å². The van der Waals surface area contributed by atoms with Crippen molar-refractivity contribution in [3.8, 4) is 0 Å². The fraction of sp³-hybridized carbons (Fsp3) is 0. The van der Waals surface area contributed by atoms with Crippen LogP contribution in [0.3, 0.4) is 0 Å². The SMILES string of the molecule is O=P([O-])([O-])O.[F-].[F-].[F-].[V]. The summed E-state index contributed by atoms with van der Waals surface area (Å²) in [5, 5.41) is 0. The molecule has 0 aliphatic rings. The minimum Gasteiger partial charge on any atom is -1.00 e. The summed E-state index contributed by atoms with van der Waals surface area (Å²) in [6.07, 6.45) is 0. The second-order valence-corrected chi connectivity index (χ2v) is 1.41. The second kappa shape index (κ2) is 11.3. The number of hydrogen-bond donors (Lipinski definition) is 1. The van der Waals surface area contributed by atoms with E-state index in [4.69, 9.17) is 19.2 Å². The monoisotopic (exact) mass is 204 g/mol. The fourth-order valence-corrected chi connectivity index (χ4v) is 0. The van der Waals surface area contributed by atoms with Gasteiger partial charge in [0, 0.05) is 18.6 Å². The molecule has 0 aliphatic heterocycles. The molecule has 1 N–H and O–H groups in total. The van der Waals surface area contributed by atoms with Crippen LogP contribution in [0.2, 0.25) is 0 Å². The Morgan fingerprint density at radius 2 is 1.11 bits per heavy atom. The van der Waals surface area contributed by atoms with Gasteiger partial charge < -0.3 is 33.4 Å². The Morgan fingerprint density at radius 3 is 1.11 bits per heavy atom. The van der Waals surface area contributed by atoms with Crippen LogP contribution < -0.4 is 23.9 Å². The maximum Gasteiger partial charge on any atom is 0.0557 e. The molecule has 0 amide bonds. The first-order chi connectivity index (χ1) is 2.00. The minimum atomic E-state index is -5.14. The van der Waals surface area contributed by atoms with Gasteiger partial charge in [-0.15, -0.1) is 0 Å². The Morgan fingerprint density at radius 1 is 1.11 bits per heavy atom. The second-order valence-electron chi connectivity index (χ2n) is 0.469. The van der Waals surface area contributed by atoms with E-state index in [-0.39, 0.29) is 32.7 Å². The van der Waals surface area contributed by atoms with Gasteiger partial charge in [0.1, 0.15) is 0 Å². The van der Waals surface area contributed by atoms with Gasteiger partial charge in [-0.1, -0.05) is 0 Å². The van der Waals surface area contributed by atoms with Crippen LogP contribution >= 0.6 is 7.82 Å². The van der Waals surface area contributed by atoms with Gasteiger partial charge >= 0.3 is 0 Å². The largest absolute Gasteiger partial charge is 1.00 e. The molecule has 0 spiro atoms. The molecule has 0 rings (SSSR count). The maximum absolute atomic E-state index is 8.66. The summed E-state index contributed by atoms with van der Waals surface area (Å²) < 4.78 is 8.66. The molecule has 0 saturated heterocycles. The Balaban J connectivity index is -0.0000000133. The van der Waals surface area contributed by atoms with Crippen LogP contribution in [-0.4, -0.2) is 4.89 Å². The minimum absolute atomic E-state index is 0. The predicted molar refractivity (Wildman–Crippen MR) is 9.83 cm³/mol. The molecule has 0 heterocycles. The predicted octanol–water partition coefficient (Wildman–Crippen LogP) is -11.2. The quantitative estimate of drug-likeness (QED) is 0.397. The van der Waals surface area contributed by atoms with Crippen LogP contribution in [0.1, 0.15) is 0 Å². The zero-order chi connectivity index (χ0) is 4.50. The Labute approximate surface area is 60.5 Å². The molecule has 9 heteroatoms. The third-order valence-corrected chi connectivity index (χ3v) is 0. The number of halogens is 3. The summed E-state index contributed by atoms with van der Waals surface area (Å²) in [4.78, 5) is 24.3. The first-order valence-electron chi connectivity index (χ1n) is 0.748. The van der Waals surface area contributed by atoms with E-state index in [2.05, 4.69) is 0 Å². The van der Waals surface area contributed by atoms with Crippen molar-refractivity contribution in [3.05, 3.63) is 0 Å². The zero-order valence-corrected chi connectivity index (χ0v) is 5.99. The van der Waals surface area contributed by atoms with Gasteiger partial charge in [-0.2, -0.15) is 0 Å². The standard InChI is InChI=1S/3FH.H3O4P.V/c;;;1-5(2,3)4;/h3*1H;(H3,1,2,3,4);/p-5. The van der Waals surface area contributed by atoms with Crippen molar-refractivity contribution in [3.63, 3.8) is 0 Å². The van der Waals surface area contributed by atoms with Gasteiger partial charge in [0.2, 0.25) is 0 Å². The van der Waals surface area contributed by atoms with Gasteiger partial charge in [0.05, 0.1) is 7.82 Å². The summed E-state index contributed by atoms with van der Waals surface area (Å²) >= 11 is 0. The third kappa shape index (κ3) is 1520. The van der Waals surface area contributed by atoms with Crippen molar-refractivity contribution in [2.75, 3.05) is 0 Å². The number of rotatable bonds is 0. The van der Waals surface area contributed by atoms with Gasteiger partial charge in [-0.05, 0) is 0 Å². The van der Waals surface area contributed by atoms with Crippen molar-refractivity contribution in [1.82, 2.24) is 0 Å². The van der Waals surface area contributed by atoms with Crippen molar-refractivity contribution < 1.29 is 51.9 Å². The molecular formula is HF3O4PV-5. The molecule has 9 heavy (non-hydrogen) atoms. The van der Waals surface area contributed by atoms with Gasteiger partial charge in [-0.3, -0.25) is 0 Å². The van der Waals surface area contributed by atoms with E-state index in [1.165, 1.54) is 0 Å². The molecular weight excluding hydrogens is 203 g/mol. The van der Waals surface area contributed by atoms with E-state index in [9.17, 15) is 0 Å². The fourth-order valence-electron chi connectivity index (χ4n) is 0. The van der Waals surface area contributed by atoms with E-state index in [1.54, 1.807) is 0 Å². The molecule has 0 bridgehead atoms. The number of hydrogen-bond acceptors (Lipinski definition) is 3. The van der Waals surface area contributed by atoms with Crippen LogP contribution in [-0.2, 0) is 23.1 Å². The van der Waals surface area contributed by atoms with E-state index < -0.39 is 7.82 Å². The summed E-state index contributed by atoms with van der Waals surface area (Å²) in [5.41, 5.74) is 0. The molecule has 61 valence electrons. The summed E-state index contributed by atoms with van der Waals surface area (Å²) in [7, 11) is -5.14. The maximum atomic E-state index is 8.66. The Hall–Kier alpha value is 0.484. The summed E-state index contributed by atoms with van der Waals surface area (Å²) in [6, 6.07) is 0. The molecule has 0 atom stereocenters. The average molecular weight is 204 g/mol. The zero-order valence-electron chi connectivity index (χ0n) is 3.70. The molecule has 0 aromatic heterocycles.